The van der Waals surface area contributed by atoms with E-state index in [1.807, 2.05) is 11.1 Å². The highest BCUT2D eigenvalue weighted by Gasteiger charge is 1.92. The molecule has 0 aliphatic rings. The molecule has 0 heterocycles. The molecule has 0 rings (SSSR count). The van der Waals surface area contributed by atoms with Crippen LogP contribution in [0.3, 0.4) is 0 Å². The average molecular weight is 205 g/mol. The summed E-state index contributed by atoms with van der Waals surface area (Å²) < 4.78 is 0. The normalized spacial score (nSPS) is 11.6. The van der Waals surface area contributed by atoms with Crippen LogP contribution in [0, 0.1) is 0 Å². The molecule has 0 saturated carbocycles. The Morgan fingerprint density at radius 1 is 1.60 bits per heavy atom. The lowest BCUT2D eigenvalue weighted by molar-refractivity contribution is 0.288. The van der Waals surface area contributed by atoms with Crippen molar-refractivity contribution in [1.82, 2.24) is 0 Å². The van der Waals surface area contributed by atoms with Gasteiger partial charge in [-0.15, -0.1) is 6.58 Å². The fourth-order valence-corrected chi connectivity index (χ4v) is 1.11. The second-order valence-electron chi connectivity index (χ2n) is 2.09. The van der Waals surface area contributed by atoms with Gasteiger partial charge in [-0.2, -0.15) is 0 Å². The van der Waals surface area contributed by atoms with Gasteiger partial charge in [0.05, 0.1) is 0 Å². The third-order valence-electron chi connectivity index (χ3n) is 1.22. The number of allylic oxidation sites excluding steroid dienone is 2. The molecule has 1 nitrogen and oxygen atoms in total. The zero-order chi connectivity index (χ0) is 7.82. The molecule has 0 bridgehead atoms. The molecule has 0 saturated heterocycles. The predicted molar refractivity (Wildman–Crippen MR) is 48.1 cm³/mol. The van der Waals surface area contributed by atoms with Crippen molar-refractivity contribution in [2.45, 2.75) is 19.3 Å². The molecule has 0 radical (unpaired) electrons. The lowest BCUT2D eigenvalue weighted by Crippen LogP contribution is -1.85. The minimum atomic E-state index is 0.265. The Hall–Kier alpha value is -0.0800. The van der Waals surface area contributed by atoms with E-state index in [0.29, 0.717) is 0 Å². The fraction of sp³-hybridized carbons (Fsp3) is 0.500. The zero-order valence-corrected chi connectivity index (χ0v) is 7.60. The molecule has 0 unspecified atom stereocenters. The van der Waals surface area contributed by atoms with E-state index in [2.05, 4.69) is 22.5 Å². The smallest absolute Gasteiger partial charge is 0.0434 e. The van der Waals surface area contributed by atoms with Gasteiger partial charge in [-0.1, -0.05) is 27.6 Å². The minimum absolute atomic E-state index is 0.265. The van der Waals surface area contributed by atoms with Crippen LogP contribution >= 0.6 is 15.9 Å². The Morgan fingerprint density at radius 3 is 2.70 bits per heavy atom. The molecule has 0 atom stereocenters. The summed E-state index contributed by atoms with van der Waals surface area (Å²) in [4.78, 5) is 1.91. The summed E-state index contributed by atoms with van der Waals surface area (Å²) in [7, 11) is 0. The van der Waals surface area contributed by atoms with Crippen molar-refractivity contribution in [2.24, 2.45) is 0 Å². The maximum absolute atomic E-state index is 8.51. The first-order valence-electron chi connectivity index (χ1n) is 3.35. The van der Waals surface area contributed by atoms with E-state index in [0.717, 1.165) is 19.3 Å². The van der Waals surface area contributed by atoms with Crippen LogP contribution in [0.15, 0.2) is 23.2 Å². The van der Waals surface area contributed by atoms with Crippen LogP contribution in [0.4, 0.5) is 0 Å². The Balaban J connectivity index is 3.51. The van der Waals surface area contributed by atoms with Gasteiger partial charge in [0.1, 0.15) is 0 Å². The molecule has 1 N–H and O–H groups in total. The van der Waals surface area contributed by atoms with Gasteiger partial charge in [0.15, 0.2) is 0 Å². The fourth-order valence-electron chi connectivity index (χ4n) is 0.693. The summed E-state index contributed by atoms with van der Waals surface area (Å²) in [5.74, 6) is 0. The van der Waals surface area contributed by atoms with Gasteiger partial charge in [-0.05, 0) is 24.2 Å². The van der Waals surface area contributed by atoms with Gasteiger partial charge in [0.25, 0.3) is 0 Å². The van der Waals surface area contributed by atoms with Crippen LogP contribution in [0.2, 0.25) is 0 Å². The van der Waals surface area contributed by atoms with Crippen molar-refractivity contribution in [1.29, 1.82) is 0 Å². The Labute approximate surface area is 70.6 Å². The van der Waals surface area contributed by atoms with Crippen molar-refractivity contribution in [3.63, 3.8) is 0 Å². The second kappa shape index (κ2) is 7.03. The Bertz CT molecular complexity index is 118. The summed E-state index contributed by atoms with van der Waals surface area (Å²) >= 11 is 3.26. The van der Waals surface area contributed by atoms with E-state index in [9.17, 15) is 0 Å². The molecule has 0 fully saturated rings. The summed E-state index contributed by atoms with van der Waals surface area (Å²) in [5, 5.41) is 8.51. The third-order valence-corrected chi connectivity index (χ3v) is 1.86. The van der Waals surface area contributed by atoms with E-state index < -0.39 is 0 Å². The van der Waals surface area contributed by atoms with Crippen LogP contribution in [0.1, 0.15) is 19.3 Å². The molecule has 2 heteroatoms. The highest BCUT2D eigenvalue weighted by molar-refractivity contribution is 9.11. The van der Waals surface area contributed by atoms with Gasteiger partial charge < -0.3 is 5.11 Å². The second-order valence-corrected chi connectivity index (χ2v) is 2.55. The maximum atomic E-state index is 8.51. The highest BCUT2D eigenvalue weighted by atomic mass is 79.9. The Kier molecular flexibility index (Phi) is 6.98. The number of halogens is 1. The standard InChI is InChI=1S/C8H13BrO/c1-2-4-8(7-9)5-3-6-10/h2,7,10H,1,3-6H2/b8-7+. The van der Waals surface area contributed by atoms with Crippen LogP contribution in [-0.4, -0.2) is 11.7 Å². The lowest BCUT2D eigenvalue weighted by Gasteiger charge is -1.99. The Morgan fingerprint density at radius 2 is 2.30 bits per heavy atom. The maximum Gasteiger partial charge on any atom is 0.0434 e. The molecule has 0 aromatic heterocycles. The van der Waals surface area contributed by atoms with Crippen LogP contribution in [0.25, 0.3) is 0 Å². The van der Waals surface area contributed by atoms with Gasteiger partial charge in [-0.25, -0.2) is 0 Å². The van der Waals surface area contributed by atoms with Crippen LogP contribution < -0.4 is 0 Å². The molecule has 0 aromatic rings. The highest BCUT2D eigenvalue weighted by Crippen LogP contribution is 2.11. The average Bonchev–Trinajstić information content (AvgIpc) is 1.98. The molecular weight excluding hydrogens is 192 g/mol. The van der Waals surface area contributed by atoms with Crippen molar-refractivity contribution < 1.29 is 5.11 Å². The largest absolute Gasteiger partial charge is 0.396 e. The molecular formula is C8H13BrO. The van der Waals surface area contributed by atoms with Crippen molar-refractivity contribution in [3.8, 4) is 0 Å². The van der Waals surface area contributed by atoms with E-state index in [-0.39, 0.29) is 6.61 Å². The van der Waals surface area contributed by atoms with Gasteiger partial charge in [-0.3, -0.25) is 0 Å². The topological polar surface area (TPSA) is 20.2 Å². The molecule has 0 amide bonds. The summed E-state index contributed by atoms with van der Waals surface area (Å²) in [6, 6.07) is 0. The van der Waals surface area contributed by atoms with E-state index in [1.54, 1.807) is 0 Å². The summed E-state index contributed by atoms with van der Waals surface area (Å²) in [6.07, 6.45) is 4.56. The monoisotopic (exact) mass is 204 g/mol. The van der Waals surface area contributed by atoms with E-state index in [4.69, 9.17) is 5.11 Å². The molecule has 10 heavy (non-hydrogen) atoms. The van der Waals surface area contributed by atoms with Gasteiger partial charge in [0, 0.05) is 6.61 Å². The number of hydrogen-bond donors (Lipinski definition) is 1. The number of aliphatic hydroxyl groups excluding tert-OH is 1. The first kappa shape index (κ1) is 9.92. The first-order chi connectivity index (χ1) is 4.85. The molecule has 58 valence electrons. The quantitative estimate of drug-likeness (QED) is 0.684. The van der Waals surface area contributed by atoms with Gasteiger partial charge in [0.2, 0.25) is 0 Å². The first-order valence-corrected chi connectivity index (χ1v) is 4.26. The summed E-state index contributed by atoms with van der Waals surface area (Å²) in [5.41, 5.74) is 1.28. The zero-order valence-electron chi connectivity index (χ0n) is 6.02. The number of hydrogen-bond acceptors (Lipinski definition) is 1. The molecule has 0 aromatic carbocycles. The van der Waals surface area contributed by atoms with Crippen LogP contribution in [-0.2, 0) is 0 Å². The third kappa shape index (κ3) is 4.77. The van der Waals surface area contributed by atoms with E-state index in [1.165, 1.54) is 5.57 Å². The molecule has 0 aliphatic heterocycles. The van der Waals surface area contributed by atoms with Crippen molar-refractivity contribution in [3.05, 3.63) is 23.2 Å². The SMILES string of the molecule is C=CC/C(=C\Br)CCCO. The molecule has 0 aliphatic carbocycles. The lowest BCUT2D eigenvalue weighted by atomic mass is 10.1. The number of aliphatic hydroxyl groups is 1. The van der Waals surface area contributed by atoms with Gasteiger partial charge >= 0.3 is 0 Å². The van der Waals surface area contributed by atoms with Crippen molar-refractivity contribution >= 4 is 15.9 Å². The predicted octanol–water partition coefficient (Wildman–Crippen LogP) is 2.61. The number of rotatable bonds is 5. The van der Waals surface area contributed by atoms with Crippen LogP contribution in [0.5, 0.6) is 0 Å². The van der Waals surface area contributed by atoms with E-state index >= 15 is 0 Å². The summed E-state index contributed by atoms with van der Waals surface area (Å²) in [6.45, 7) is 3.90. The minimum Gasteiger partial charge on any atom is -0.396 e. The molecule has 0 spiro atoms. The van der Waals surface area contributed by atoms with Crippen molar-refractivity contribution in [2.75, 3.05) is 6.61 Å².